The largest absolute Gasteiger partial charge is 0.395 e. The van der Waals surface area contributed by atoms with Crippen LogP contribution in [0.5, 0.6) is 0 Å². The number of rotatable bonds is 4. The summed E-state index contributed by atoms with van der Waals surface area (Å²) < 4.78 is 0. The van der Waals surface area contributed by atoms with E-state index in [1.165, 1.54) is 32.1 Å². The van der Waals surface area contributed by atoms with E-state index in [9.17, 15) is 0 Å². The van der Waals surface area contributed by atoms with Gasteiger partial charge in [-0.05, 0) is 12.8 Å². The summed E-state index contributed by atoms with van der Waals surface area (Å²) >= 11 is 0. The molecule has 72 valence electrons. The van der Waals surface area contributed by atoms with Crippen LogP contribution in [0.15, 0.2) is 0 Å². The van der Waals surface area contributed by atoms with Crippen molar-refractivity contribution < 1.29 is 5.11 Å². The molecule has 3 heteroatoms. The van der Waals surface area contributed by atoms with Crippen molar-refractivity contribution in [2.24, 2.45) is 5.73 Å². The van der Waals surface area contributed by atoms with Crippen LogP contribution in [-0.2, 0) is 0 Å². The SMILES string of the molecule is NCC(CO)NC1CCCCC1. The van der Waals surface area contributed by atoms with E-state index in [-0.39, 0.29) is 12.6 Å². The average molecular weight is 172 g/mol. The zero-order valence-corrected chi connectivity index (χ0v) is 7.63. The first-order valence-corrected chi connectivity index (χ1v) is 4.93. The lowest BCUT2D eigenvalue weighted by molar-refractivity contribution is 0.222. The average Bonchev–Trinajstić information content (AvgIpc) is 2.16. The van der Waals surface area contributed by atoms with Crippen LogP contribution < -0.4 is 11.1 Å². The van der Waals surface area contributed by atoms with Gasteiger partial charge in [0, 0.05) is 18.6 Å². The summed E-state index contributed by atoms with van der Waals surface area (Å²) in [6, 6.07) is 0.701. The second-order valence-corrected chi connectivity index (χ2v) is 3.62. The van der Waals surface area contributed by atoms with Crippen molar-refractivity contribution in [3.05, 3.63) is 0 Å². The van der Waals surface area contributed by atoms with Crippen molar-refractivity contribution in [3.63, 3.8) is 0 Å². The Hall–Kier alpha value is -0.120. The lowest BCUT2D eigenvalue weighted by atomic mass is 9.95. The van der Waals surface area contributed by atoms with Gasteiger partial charge in [0.25, 0.3) is 0 Å². The minimum absolute atomic E-state index is 0.105. The molecular formula is C9H20N2O. The van der Waals surface area contributed by atoms with Crippen LogP contribution in [-0.4, -0.2) is 30.3 Å². The fourth-order valence-corrected chi connectivity index (χ4v) is 1.80. The van der Waals surface area contributed by atoms with E-state index < -0.39 is 0 Å². The second-order valence-electron chi connectivity index (χ2n) is 3.62. The first-order chi connectivity index (χ1) is 5.86. The maximum absolute atomic E-state index is 8.91. The van der Waals surface area contributed by atoms with E-state index in [0.29, 0.717) is 12.6 Å². The number of hydrogen-bond acceptors (Lipinski definition) is 3. The van der Waals surface area contributed by atoms with Gasteiger partial charge in [-0.2, -0.15) is 0 Å². The molecule has 1 atom stereocenters. The highest BCUT2D eigenvalue weighted by Crippen LogP contribution is 2.17. The van der Waals surface area contributed by atoms with Crippen LogP contribution in [0.2, 0.25) is 0 Å². The van der Waals surface area contributed by atoms with Crippen molar-refractivity contribution in [2.75, 3.05) is 13.2 Å². The molecule has 0 bridgehead atoms. The smallest absolute Gasteiger partial charge is 0.0597 e. The molecule has 1 aliphatic rings. The third kappa shape index (κ3) is 3.09. The van der Waals surface area contributed by atoms with E-state index in [4.69, 9.17) is 10.8 Å². The Kier molecular flexibility index (Phi) is 4.58. The molecule has 4 N–H and O–H groups in total. The van der Waals surface area contributed by atoms with Crippen LogP contribution in [0.3, 0.4) is 0 Å². The molecule has 0 heterocycles. The molecule has 1 rings (SSSR count). The Bertz CT molecular complexity index is 109. The topological polar surface area (TPSA) is 58.3 Å². The standard InChI is InChI=1S/C9H20N2O/c10-6-9(7-12)11-8-4-2-1-3-5-8/h8-9,11-12H,1-7,10H2. The Morgan fingerprint density at radius 2 is 2.00 bits per heavy atom. The van der Waals surface area contributed by atoms with E-state index in [1.54, 1.807) is 0 Å². The molecule has 12 heavy (non-hydrogen) atoms. The molecule has 0 amide bonds. The molecule has 1 saturated carbocycles. The molecule has 0 aromatic heterocycles. The molecule has 0 aromatic rings. The maximum atomic E-state index is 8.91. The summed E-state index contributed by atoms with van der Waals surface area (Å²) in [5.41, 5.74) is 5.48. The minimum Gasteiger partial charge on any atom is -0.395 e. The normalized spacial score (nSPS) is 22.5. The van der Waals surface area contributed by atoms with Crippen LogP contribution in [0, 0.1) is 0 Å². The zero-order chi connectivity index (χ0) is 8.81. The van der Waals surface area contributed by atoms with Gasteiger partial charge >= 0.3 is 0 Å². The number of nitrogens with one attached hydrogen (secondary N) is 1. The first kappa shape index (κ1) is 9.96. The first-order valence-electron chi connectivity index (χ1n) is 4.93. The summed E-state index contributed by atoms with van der Waals surface area (Å²) in [5, 5.41) is 12.3. The van der Waals surface area contributed by atoms with Gasteiger partial charge in [-0.25, -0.2) is 0 Å². The molecule has 1 fully saturated rings. The van der Waals surface area contributed by atoms with Crippen molar-refractivity contribution in [1.82, 2.24) is 5.32 Å². The summed E-state index contributed by atoms with van der Waals surface area (Å²) in [4.78, 5) is 0. The second kappa shape index (κ2) is 5.51. The van der Waals surface area contributed by atoms with E-state index in [1.807, 2.05) is 0 Å². The highest BCUT2D eigenvalue weighted by Gasteiger charge is 2.15. The Morgan fingerprint density at radius 1 is 1.33 bits per heavy atom. The van der Waals surface area contributed by atoms with Gasteiger partial charge in [0.15, 0.2) is 0 Å². The highest BCUT2D eigenvalue weighted by atomic mass is 16.3. The molecule has 0 aliphatic heterocycles. The van der Waals surface area contributed by atoms with E-state index >= 15 is 0 Å². The molecular weight excluding hydrogens is 152 g/mol. The number of aliphatic hydroxyl groups excluding tert-OH is 1. The Balaban J connectivity index is 2.18. The van der Waals surface area contributed by atoms with E-state index in [2.05, 4.69) is 5.32 Å². The van der Waals surface area contributed by atoms with Gasteiger partial charge in [0.1, 0.15) is 0 Å². The third-order valence-electron chi connectivity index (χ3n) is 2.58. The highest BCUT2D eigenvalue weighted by molar-refractivity contribution is 4.77. The predicted molar refractivity (Wildman–Crippen MR) is 49.9 cm³/mol. The van der Waals surface area contributed by atoms with Crippen molar-refractivity contribution in [3.8, 4) is 0 Å². The minimum atomic E-state index is 0.105. The van der Waals surface area contributed by atoms with Crippen LogP contribution >= 0.6 is 0 Å². The lowest BCUT2D eigenvalue weighted by Gasteiger charge is -2.26. The zero-order valence-electron chi connectivity index (χ0n) is 7.63. The van der Waals surface area contributed by atoms with Crippen molar-refractivity contribution >= 4 is 0 Å². The molecule has 0 radical (unpaired) electrons. The fraction of sp³-hybridized carbons (Fsp3) is 1.00. The molecule has 3 nitrogen and oxygen atoms in total. The molecule has 0 aromatic carbocycles. The van der Waals surface area contributed by atoms with Gasteiger partial charge < -0.3 is 16.2 Å². The monoisotopic (exact) mass is 172 g/mol. The van der Waals surface area contributed by atoms with E-state index in [0.717, 1.165) is 0 Å². The summed E-state index contributed by atoms with van der Waals surface area (Å²) in [6.07, 6.45) is 6.50. The number of aliphatic hydroxyl groups is 1. The van der Waals surface area contributed by atoms with Gasteiger partial charge in [0.2, 0.25) is 0 Å². The Morgan fingerprint density at radius 3 is 2.50 bits per heavy atom. The lowest BCUT2D eigenvalue weighted by Crippen LogP contribution is -2.45. The van der Waals surface area contributed by atoms with Gasteiger partial charge in [-0.3, -0.25) is 0 Å². The van der Waals surface area contributed by atoms with Crippen molar-refractivity contribution in [2.45, 2.75) is 44.2 Å². The van der Waals surface area contributed by atoms with Gasteiger partial charge in [0.05, 0.1) is 6.61 Å². The molecule has 1 unspecified atom stereocenters. The Labute approximate surface area is 74.3 Å². The van der Waals surface area contributed by atoms with Gasteiger partial charge in [-0.15, -0.1) is 0 Å². The third-order valence-corrected chi connectivity index (χ3v) is 2.58. The van der Waals surface area contributed by atoms with Crippen molar-refractivity contribution in [1.29, 1.82) is 0 Å². The summed E-state index contributed by atoms with van der Waals surface area (Å²) in [6.45, 7) is 0.694. The van der Waals surface area contributed by atoms with Crippen LogP contribution in [0.4, 0.5) is 0 Å². The number of nitrogens with two attached hydrogens (primary N) is 1. The van der Waals surface area contributed by atoms with Crippen LogP contribution in [0.25, 0.3) is 0 Å². The number of hydrogen-bond donors (Lipinski definition) is 3. The van der Waals surface area contributed by atoms with Gasteiger partial charge in [-0.1, -0.05) is 19.3 Å². The maximum Gasteiger partial charge on any atom is 0.0597 e. The predicted octanol–water partition coefficient (Wildman–Crippen LogP) is 0.228. The summed E-state index contributed by atoms with van der Waals surface area (Å²) in [5.74, 6) is 0. The molecule has 0 spiro atoms. The van der Waals surface area contributed by atoms with Crippen LogP contribution in [0.1, 0.15) is 32.1 Å². The summed E-state index contributed by atoms with van der Waals surface area (Å²) in [7, 11) is 0. The molecule has 1 aliphatic carbocycles. The fourth-order valence-electron chi connectivity index (χ4n) is 1.80. The molecule has 0 saturated heterocycles. The quantitative estimate of drug-likeness (QED) is 0.569.